The Morgan fingerprint density at radius 3 is 2.86 bits per heavy atom. The number of thiazole rings is 1. The number of nitrogens with zero attached hydrogens (tertiary/aromatic N) is 1. The van der Waals surface area contributed by atoms with Gasteiger partial charge in [-0.2, -0.15) is 0 Å². The molecule has 1 aromatic heterocycles. The lowest BCUT2D eigenvalue weighted by Crippen LogP contribution is -2.31. The lowest BCUT2D eigenvalue weighted by molar-refractivity contribution is 0.0951. The Labute approximate surface area is 86.5 Å². The van der Waals surface area contributed by atoms with Crippen LogP contribution in [0.2, 0.25) is 0 Å². The molecule has 1 aromatic rings. The predicted molar refractivity (Wildman–Crippen MR) is 57.0 cm³/mol. The first-order valence-electron chi connectivity index (χ1n) is 4.04. The van der Waals surface area contributed by atoms with E-state index in [1.54, 1.807) is 13.8 Å². The van der Waals surface area contributed by atoms with Gasteiger partial charge in [0.2, 0.25) is 0 Å². The summed E-state index contributed by atoms with van der Waals surface area (Å²) in [5.74, 6) is 2.19. The fourth-order valence-electron chi connectivity index (χ4n) is 0.932. The Bertz CT molecular complexity index is 391. The number of terminal acetylenes is 1. The molecule has 0 aliphatic heterocycles. The first-order chi connectivity index (χ1) is 6.54. The number of aryl methyl sites for hydroxylation is 1. The molecule has 4 nitrogen and oxygen atoms in total. The van der Waals surface area contributed by atoms with E-state index in [1.807, 2.05) is 0 Å². The Morgan fingerprint density at radius 2 is 2.43 bits per heavy atom. The summed E-state index contributed by atoms with van der Waals surface area (Å²) in [5, 5.41) is 3.03. The number of carbonyl (C=O) groups is 1. The van der Waals surface area contributed by atoms with Crippen molar-refractivity contribution >= 4 is 22.4 Å². The molecule has 1 heterocycles. The van der Waals surface area contributed by atoms with Gasteiger partial charge in [0.15, 0.2) is 5.13 Å². The molecule has 1 unspecified atom stereocenters. The molecule has 0 radical (unpaired) electrons. The summed E-state index contributed by atoms with van der Waals surface area (Å²) < 4.78 is 0. The van der Waals surface area contributed by atoms with E-state index in [-0.39, 0.29) is 11.9 Å². The molecule has 1 rings (SSSR count). The Morgan fingerprint density at radius 1 is 1.79 bits per heavy atom. The average molecular weight is 209 g/mol. The van der Waals surface area contributed by atoms with Crippen LogP contribution < -0.4 is 11.1 Å². The SMILES string of the molecule is C#CC(C)NC(=O)c1sc(N)nc1C. The Hall–Kier alpha value is -1.54. The van der Waals surface area contributed by atoms with Crippen molar-refractivity contribution in [3.8, 4) is 12.3 Å². The minimum absolute atomic E-state index is 0.220. The number of hydrogen-bond donors (Lipinski definition) is 2. The summed E-state index contributed by atoms with van der Waals surface area (Å²) in [5.41, 5.74) is 6.10. The van der Waals surface area contributed by atoms with E-state index >= 15 is 0 Å². The van der Waals surface area contributed by atoms with E-state index in [0.717, 1.165) is 11.3 Å². The van der Waals surface area contributed by atoms with Crippen molar-refractivity contribution < 1.29 is 4.79 Å². The standard InChI is InChI=1S/C9H11N3OS/c1-4-5(2)11-8(13)7-6(3)12-9(10)14-7/h1,5H,2-3H3,(H2,10,12)(H,11,13). The molecule has 0 bridgehead atoms. The summed E-state index contributed by atoms with van der Waals surface area (Å²) in [6, 6.07) is -0.287. The van der Waals surface area contributed by atoms with Gasteiger partial charge in [0.1, 0.15) is 4.88 Å². The van der Waals surface area contributed by atoms with Crippen molar-refractivity contribution in [2.24, 2.45) is 0 Å². The number of aromatic nitrogens is 1. The van der Waals surface area contributed by atoms with E-state index in [4.69, 9.17) is 12.2 Å². The second-order valence-electron chi connectivity index (χ2n) is 2.83. The zero-order valence-electron chi connectivity index (χ0n) is 8.00. The van der Waals surface area contributed by atoms with E-state index in [1.165, 1.54) is 0 Å². The monoisotopic (exact) mass is 209 g/mol. The van der Waals surface area contributed by atoms with Gasteiger partial charge in [-0.25, -0.2) is 4.98 Å². The van der Waals surface area contributed by atoms with Gasteiger partial charge in [0.05, 0.1) is 11.7 Å². The highest BCUT2D eigenvalue weighted by atomic mass is 32.1. The average Bonchev–Trinajstić information content (AvgIpc) is 2.45. The highest BCUT2D eigenvalue weighted by Crippen LogP contribution is 2.19. The summed E-state index contributed by atoms with van der Waals surface area (Å²) in [4.78, 5) is 16.0. The largest absolute Gasteiger partial charge is 0.375 e. The van der Waals surface area contributed by atoms with E-state index in [2.05, 4.69) is 16.2 Å². The number of nitrogens with one attached hydrogen (secondary N) is 1. The number of hydrogen-bond acceptors (Lipinski definition) is 4. The number of amides is 1. The molecule has 74 valence electrons. The number of carbonyl (C=O) groups excluding carboxylic acids is 1. The van der Waals surface area contributed by atoms with Gasteiger partial charge in [-0.15, -0.1) is 6.42 Å². The third-order valence-corrected chi connectivity index (χ3v) is 2.60. The zero-order valence-corrected chi connectivity index (χ0v) is 8.81. The maximum Gasteiger partial charge on any atom is 0.264 e. The van der Waals surface area contributed by atoms with E-state index in [0.29, 0.717) is 15.7 Å². The van der Waals surface area contributed by atoms with Crippen LogP contribution in [0.25, 0.3) is 0 Å². The van der Waals surface area contributed by atoms with Crippen LogP contribution in [0.4, 0.5) is 5.13 Å². The molecular weight excluding hydrogens is 198 g/mol. The fourth-order valence-corrected chi connectivity index (χ4v) is 1.67. The van der Waals surface area contributed by atoms with Crippen molar-refractivity contribution in [1.82, 2.24) is 10.3 Å². The molecule has 0 aliphatic carbocycles. The van der Waals surface area contributed by atoms with Crippen LogP contribution in [0.3, 0.4) is 0 Å². The highest BCUT2D eigenvalue weighted by Gasteiger charge is 2.14. The molecule has 3 N–H and O–H groups in total. The fraction of sp³-hybridized carbons (Fsp3) is 0.333. The second-order valence-corrected chi connectivity index (χ2v) is 3.86. The first-order valence-corrected chi connectivity index (χ1v) is 4.86. The maximum atomic E-state index is 11.6. The van der Waals surface area contributed by atoms with Crippen molar-refractivity contribution in [2.45, 2.75) is 19.9 Å². The summed E-state index contributed by atoms with van der Waals surface area (Å²) in [6.45, 7) is 3.47. The molecule has 0 saturated heterocycles. The molecule has 1 atom stereocenters. The van der Waals surface area contributed by atoms with E-state index < -0.39 is 0 Å². The lowest BCUT2D eigenvalue weighted by Gasteiger charge is -2.05. The van der Waals surface area contributed by atoms with Gasteiger partial charge < -0.3 is 11.1 Å². The van der Waals surface area contributed by atoms with Gasteiger partial charge in [0, 0.05) is 0 Å². The van der Waals surface area contributed by atoms with Crippen LogP contribution in [0.15, 0.2) is 0 Å². The van der Waals surface area contributed by atoms with Crippen molar-refractivity contribution in [1.29, 1.82) is 0 Å². The first kappa shape index (κ1) is 10.5. The van der Waals surface area contributed by atoms with Crippen molar-refractivity contribution in [3.05, 3.63) is 10.6 Å². The van der Waals surface area contributed by atoms with Crippen LogP contribution in [0.5, 0.6) is 0 Å². The molecule has 1 amide bonds. The second kappa shape index (κ2) is 4.11. The molecular formula is C9H11N3OS. The van der Waals surface area contributed by atoms with Gasteiger partial charge >= 0.3 is 0 Å². The maximum absolute atomic E-state index is 11.6. The highest BCUT2D eigenvalue weighted by molar-refractivity contribution is 7.17. The summed E-state index contributed by atoms with van der Waals surface area (Å²) in [7, 11) is 0. The molecule has 0 saturated carbocycles. The predicted octanol–water partition coefficient (Wildman–Crippen LogP) is 0.785. The summed E-state index contributed by atoms with van der Waals surface area (Å²) in [6.07, 6.45) is 5.14. The van der Waals surface area contributed by atoms with Crippen LogP contribution in [0, 0.1) is 19.3 Å². The quantitative estimate of drug-likeness (QED) is 0.707. The number of nitrogen functional groups attached to an aromatic ring is 1. The van der Waals surface area contributed by atoms with Crippen LogP contribution >= 0.6 is 11.3 Å². The molecule has 0 aromatic carbocycles. The molecule has 14 heavy (non-hydrogen) atoms. The van der Waals surface area contributed by atoms with Crippen molar-refractivity contribution in [2.75, 3.05) is 5.73 Å². The van der Waals surface area contributed by atoms with Crippen LogP contribution in [0.1, 0.15) is 22.3 Å². The molecule has 0 aliphatic rings. The topological polar surface area (TPSA) is 68.0 Å². The number of anilines is 1. The van der Waals surface area contributed by atoms with Crippen LogP contribution in [-0.4, -0.2) is 16.9 Å². The Kier molecular flexibility index (Phi) is 3.10. The van der Waals surface area contributed by atoms with Crippen LogP contribution in [-0.2, 0) is 0 Å². The number of nitrogens with two attached hydrogens (primary N) is 1. The molecule has 5 heteroatoms. The smallest absolute Gasteiger partial charge is 0.264 e. The summed E-state index contributed by atoms with van der Waals surface area (Å²) >= 11 is 1.16. The van der Waals surface area contributed by atoms with Crippen molar-refractivity contribution in [3.63, 3.8) is 0 Å². The van der Waals surface area contributed by atoms with Gasteiger partial charge in [0.25, 0.3) is 5.91 Å². The number of rotatable bonds is 2. The Balaban J connectivity index is 2.80. The minimum atomic E-state index is -0.287. The van der Waals surface area contributed by atoms with E-state index in [9.17, 15) is 4.79 Å². The zero-order chi connectivity index (χ0) is 10.7. The van der Waals surface area contributed by atoms with Gasteiger partial charge in [-0.1, -0.05) is 17.3 Å². The minimum Gasteiger partial charge on any atom is -0.375 e. The third kappa shape index (κ3) is 2.24. The van der Waals surface area contributed by atoms with Gasteiger partial charge in [-0.3, -0.25) is 4.79 Å². The molecule has 0 fully saturated rings. The third-order valence-electron chi connectivity index (χ3n) is 1.62. The van der Waals surface area contributed by atoms with Gasteiger partial charge in [-0.05, 0) is 13.8 Å². The normalized spacial score (nSPS) is 11.8. The lowest BCUT2D eigenvalue weighted by atomic mass is 10.3. The molecule has 0 spiro atoms.